The van der Waals surface area contributed by atoms with Crippen LogP contribution < -0.4 is 5.69 Å². The van der Waals surface area contributed by atoms with E-state index in [0.717, 1.165) is 24.8 Å². The smallest absolute Gasteiger partial charge is 0.364 e. The van der Waals surface area contributed by atoms with E-state index in [1.165, 1.54) is 16.5 Å². The highest BCUT2D eigenvalue weighted by atomic mass is 16.5. The van der Waals surface area contributed by atoms with Gasteiger partial charge in [-0.05, 0) is 41.8 Å². The van der Waals surface area contributed by atoms with Gasteiger partial charge in [-0.3, -0.25) is 4.98 Å². The van der Waals surface area contributed by atoms with Crippen LogP contribution in [0.1, 0.15) is 41.2 Å². The van der Waals surface area contributed by atoms with E-state index in [9.17, 15) is 9.59 Å². The summed E-state index contributed by atoms with van der Waals surface area (Å²) in [6.45, 7) is 0.251. The van der Waals surface area contributed by atoms with Crippen molar-refractivity contribution >= 4 is 16.9 Å². The number of pyridine rings is 1. The molecule has 0 atom stereocenters. The molecule has 8 nitrogen and oxygen atoms in total. The Morgan fingerprint density at radius 1 is 1.28 bits per heavy atom. The van der Waals surface area contributed by atoms with Gasteiger partial charge in [0.25, 0.3) is 0 Å². The first-order chi connectivity index (χ1) is 12.2. The van der Waals surface area contributed by atoms with Crippen molar-refractivity contribution in [1.82, 2.24) is 24.8 Å². The number of tetrazole rings is 1. The van der Waals surface area contributed by atoms with Crippen molar-refractivity contribution in [2.75, 3.05) is 7.11 Å². The molecule has 0 N–H and O–H groups in total. The van der Waals surface area contributed by atoms with Gasteiger partial charge >= 0.3 is 11.7 Å². The normalized spacial score (nSPS) is 14.4. The van der Waals surface area contributed by atoms with Gasteiger partial charge in [0.2, 0.25) is 0 Å². The van der Waals surface area contributed by atoms with E-state index < -0.39 is 5.97 Å². The Kier molecular flexibility index (Phi) is 3.79. The molecule has 1 aromatic carbocycles. The lowest BCUT2D eigenvalue weighted by molar-refractivity contribution is 0.0603. The molecule has 0 unspecified atom stereocenters. The summed E-state index contributed by atoms with van der Waals surface area (Å²) in [5.74, 6) is -0.419. The maximum atomic E-state index is 12.5. The fourth-order valence-corrected chi connectivity index (χ4v) is 3.05. The summed E-state index contributed by atoms with van der Waals surface area (Å²) in [4.78, 5) is 28.8. The van der Waals surface area contributed by atoms with Crippen molar-refractivity contribution < 1.29 is 9.53 Å². The summed E-state index contributed by atoms with van der Waals surface area (Å²) in [6.07, 6.45) is 4.71. The lowest BCUT2D eigenvalue weighted by Gasteiger charge is -2.23. The van der Waals surface area contributed by atoms with Crippen molar-refractivity contribution in [1.29, 1.82) is 0 Å². The Bertz CT molecular complexity index is 1000. The van der Waals surface area contributed by atoms with E-state index in [0.29, 0.717) is 16.5 Å². The molecule has 2 heterocycles. The molecule has 0 radical (unpaired) electrons. The summed E-state index contributed by atoms with van der Waals surface area (Å²) >= 11 is 0. The monoisotopic (exact) mass is 339 g/mol. The van der Waals surface area contributed by atoms with Gasteiger partial charge < -0.3 is 4.74 Å². The zero-order chi connectivity index (χ0) is 17.4. The maximum absolute atomic E-state index is 12.5. The molecule has 0 aliphatic heterocycles. The molecule has 1 fully saturated rings. The number of fused-ring (bicyclic) bond motifs is 1. The molecular formula is C17H17N5O3. The molecule has 8 heteroatoms. The molecule has 1 saturated carbocycles. The fraction of sp³-hybridized carbons (Fsp3) is 0.353. The van der Waals surface area contributed by atoms with E-state index in [1.54, 1.807) is 24.4 Å². The van der Waals surface area contributed by atoms with Crippen LogP contribution in [0, 0.1) is 0 Å². The highest BCUT2D eigenvalue weighted by Gasteiger charge is 2.24. The summed E-state index contributed by atoms with van der Waals surface area (Å²) in [5, 5.41) is 8.67. The van der Waals surface area contributed by atoms with E-state index in [2.05, 4.69) is 15.4 Å². The maximum Gasteiger partial charge on any atom is 0.364 e. The molecule has 25 heavy (non-hydrogen) atoms. The number of methoxy groups -OCH3 is 1. The van der Waals surface area contributed by atoms with Crippen LogP contribution in [0.3, 0.4) is 0 Å². The standard InChI is InChI=1S/C17H17N5O3/c1-25-16(23)14-8-7-11(15-13(14)6-3-9-18-15)10-21-17(24)22(20-19-21)12-4-2-5-12/h3,6-9,12H,2,4-5,10H2,1H3. The quantitative estimate of drug-likeness (QED) is 0.670. The van der Waals surface area contributed by atoms with Gasteiger partial charge in [-0.25, -0.2) is 9.59 Å². The molecule has 0 spiro atoms. The van der Waals surface area contributed by atoms with E-state index in [4.69, 9.17) is 4.74 Å². The third-order valence-corrected chi connectivity index (χ3v) is 4.66. The summed E-state index contributed by atoms with van der Waals surface area (Å²) in [7, 11) is 1.34. The van der Waals surface area contributed by atoms with Gasteiger partial charge in [-0.1, -0.05) is 12.1 Å². The van der Waals surface area contributed by atoms with Gasteiger partial charge in [0.15, 0.2) is 0 Å². The molecule has 1 aliphatic carbocycles. The Labute approximate surface area is 143 Å². The molecule has 1 aliphatic rings. The minimum atomic E-state index is -0.419. The van der Waals surface area contributed by atoms with Crippen LogP contribution in [-0.4, -0.2) is 37.9 Å². The van der Waals surface area contributed by atoms with Gasteiger partial charge in [0.1, 0.15) is 0 Å². The van der Waals surface area contributed by atoms with E-state index in [1.807, 2.05) is 6.07 Å². The Balaban J connectivity index is 1.74. The van der Waals surface area contributed by atoms with Gasteiger partial charge in [-0.2, -0.15) is 9.36 Å². The fourth-order valence-electron chi connectivity index (χ4n) is 3.05. The van der Waals surface area contributed by atoms with Crippen LogP contribution in [0.2, 0.25) is 0 Å². The number of nitrogens with zero attached hydrogens (tertiary/aromatic N) is 5. The number of hydrogen-bond acceptors (Lipinski definition) is 6. The van der Waals surface area contributed by atoms with Crippen molar-refractivity contribution in [3.8, 4) is 0 Å². The highest BCUT2D eigenvalue weighted by Crippen LogP contribution is 2.29. The third kappa shape index (κ3) is 2.59. The first-order valence-electron chi connectivity index (χ1n) is 8.16. The van der Waals surface area contributed by atoms with Crippen LogP contribution >= 0.6 is 0 Å². The highest BCUT2D eigenvalue weighted by molar-refractivity contribution is 6.04. The van der Waals surface area contributed by atoms with Gasteiger partial charge in [0, 0.05) is 17.1 Å². The van der Waals surface area contributed by atoms with Crippen molar-refractivity contribution in [2.45, 2.75) is 31.8 Å². The van der Waals surface area contributed by atoms with Gasteiger partial charge in [0.05, 0.1) is 30.8 Å². The second kappa shape index (κ2) is 6.12. The van der Waals surface area contributed by atoms with Crippen LogP contribution in [0.25, 0.3) is 10.9 Å². The molecule has 4 rings (SSSR count). The van der Waals surface area contributed by atoms with Crippen molar-refractivity contribution in [3.63, 3.8) is 0 Å². The van der Waals surface area contributed by atoms with Gasteiger partial charge in [-0.15, -0.1) is 0 Å². The average molecular weight is 339 g/mol. The number of rotatable bonds is 4. The van der Waals surface area contributed by atoms with Crippen molar-refractivity contribution in [2.24, 2.45) is 0 Å². The van der Waals surface area contributed by atoms with E-state index in [-0.39, 0.29) is 18.3 Å². The SMILES string of the molecule is COC(=O)c1ccc(Cn2nnn(C3CCC3)c2=O)c2ncccc12. The first-order valence-corrected chi connectivity index (χ1v) is 8.16. The largest absolute Gasteiger partial charge is 0.465 e. The molecule has 2 aromatic heterocycles. The summed E-state index contributed by atoms with van der Waals surface area (Å²) in [5.41, 5.74) is 1.67. The zero-order valence-electron chi connectivity index (χ0n) is 13.8. The number of carbonyl (C=O) groups is 1. The average Bonchev–Trinajstić information content (AvgIpc) is 2.94. The lowest BCUT2D eigenvalue weighted by Crippen LogP contribution is -2.31. The molecule has 0 saturated heterocycles. The third-order valence-electron chi connectivity index (χ3n) is 4.66. The van der Waals surface area contributed by atoms with Crippen LogP contribution in [0.15, 0.2) is 35.3 Å². The lowest BCUT2D eigenvalue weighted by atomic mass is 9.93. The Morgan fingerprint density at radius 3 is 2.84 bits per heavy atom. The van der Waals surface area contributed by atoms with Crippen LogP contribution in [-0.2, 0) is 11.3 Å². The second-order valence-electron chi connectivity index (χ2n) is 6.11. The number of benzene rings is 1. The predicted molar refractivity (Wildman–Crippen MR) is 89.4 cm³/mol. The molecule has 0 bridgehead atoms. The van der Waals surface area contributed by atoms with Crippen molar-refractivity contribution in [3.05, 3.63) is 52.1 Å². The summed E-state index contributed by atoms with van der Waals surface area (Å²) < 4.78 is 7.62. The molecule has 3 aromatic rings. The minimum absolute atomic E-state index is 0.165. The van der Waals surface area contributed by atoms with Crippen LogP contribution in [0.4, 0.5) is 0 Å². The number of aromatic nitrogens is 5. The minimum Gasteiger partial charge on any atom is -0.465 e. The molecular weight excluding hydrogens is 322 g/mol. The first kappa shape index (κ1) is 15.5. The zero-order valence-corrected chi connectivity index (χ0v) is 13.8. The number of hydrogen-bond donors (Lipinski definition) is 0. The van der Waals surface area contributed by atoms with Crippen LogP contribution in [0.5, 0.6) is 0 Å². The number of ether oxygens (including phenoxy) is 1. The Hall–Kier alpha value is -3.03. The van der Waals surface area contributed by atoms with E-state index >= 15 is 0 Å². The Morgan fingerprint density at radius 2 is 2.12 bits per heavy atom. The predicted octanol–water partition coefficient (Wildman–Crippen LogP) is 1.55. The second-order valence-corrected chi connectivity index (χ2v) is 6.11. The molecule has 128 valence electrons. The summed E-state index contributed by atoms with van der Waals surface area (Å²) in [6, 6.07) is 7.20. The topological polar surface area (TPSA) is 91.9 Å². The number of carbonyl (C=O) groups excluding carboxylic acids is 1. The number of esters is 1. The molecule has 0 amide bonds.